The van der Waals surface area contributed by atoms with E-state index in [0.717, 1.165) is 36.5 Å². The molecule has 0 aliphatic heterocycles. The van der Waals surface area contributed by atoms with Crippen molar-refractivity contribution in [3.63, 3.8) is 0 Å². The Kier molecular flexibility index (Phi) is 6.00. The van der Waals surface area contributed by atoms with Crippen LogP contribution in [0, 0.1) is 6.92 Å². The molecule has 2 unspecified atom stereocenters. The first-order valence-corrected chi connectivity index (χ1v) is 9.47. The van der Waals surface area contributed by atoms with Gasteiger partial charge in [-0.25, -0.2) is 4.98 Å². The summed E-state index contributed by atoms with van der Waals surface area (Å²) in [4.78, 5) is 6.56. The number of fused-ring (bicyclic) bond motifs is 1. The van der Waals surface area contributed by atoms with E-state index in [1.165, 1.54) is 11.1 Å². The van der Waals surface area contributed by atoms with Crippen molar-refractivity contribution in [3.8, 4) is 0 Å². The number of aliphatic hydroxyl groups is 1. The van der Waals surface area contributed by atoms with Crippen LogP contribution in [0.15, 0.2) is 29.6 Å². The van der Waals surface area contributed by atoms with Crippen molar-refractivity contribution in [1.29, 1.82) is 0 Å². The highest BCUT2D eigenvalue weighted by Gasteiger charge is 2.21. The van der Waals surface area contributed by atoms with Gasteiger partial charge in [-0.2, -0.15) is 0 Å². The molecule has 1 N–H and O–H groups in total. The van der Waals surface area contributed by atoms with Gasteiger partial charge in [-0.05, 0) is 44.4 Å². The zero-order valence-corrected chi connectivity index (χ0v) is 15.3. The number of nitrogens with zero attached hydrogens (tertiary/aromatic N) is 2. The number of thiazole rings is 1. The van der Waals surface area contributed by atoms with Gasteiger partial charge in [-0.3, -0.25) is 4.90 Å². The van der Waals surface area contributed by atoms with E-state index in [1.54, 1.807) is 11.3 Å². The molecule has 0 radical (unpaired) electrons. The first-order chi connectivity index (χ1) is 11.6. The molecule has 2 atom stereocenters. The van der Waals surface area contributed by atoms with Gasteiger partial charge in [-0.1, -0.05) is 24.3 Å². The lowest BCUT2D eigenvalue weighted by Crippen LogP contribution is -2.32. The SMILES string of the molecule is Cc1csc(CN(C)CC(O)COC2CCCc3ccccc32)n1. The van der Waals surface area contributed by atoms with Crippen molar-refractivity contribution in [3.05, 3.63) is 51.5 Å². The Morgan fingerprint density at radius 3 is 3.04 bits per heavy atom. The summed E-state index contributed by atoms with van der Waals surface area (Å²) >= 11 is 1.67. The summed E-state index contributed by atoms with van der Waals surface area (Å²) in [6.07, 6.45) is 2.97. The standard InChI is InChI=1S/C19H26N2O2S/c1-14-13-24-19(20-14)11-21(2)10-16(22)12-23-18-9-5-7-15-6-3-4-8-17(15)18/h3-4,6,8,13,16,18,22H,5,7,9-12H2,1-2H3. The Morgan fingerprint density at radius 2 is 2.25 bits per heavy atom. The number of aromatic nitrogens is 1. The maximum Gasteiger partial charge on any atom is 0.107 e. The van der Waals surface area contributed by atoms with Gasteiger partial charge in [0.2, 0.25) is 0 Å². The predicted molar refractivity (Wildman–Crippen MR) is 97.3 cm³/mol. The van der Waals surface area contributed by atoms with Crippen molar-refractivity contribution >= 4 is 11.3 Å². The van der Waals surface area contributed by atoms with Crippen LogP contribution in [0.25, 0.3) is 0 Å². The average molecular weight is 346 g/mol. The van der Waals surface area contributed by atoms with Gasteiger partial charge in [0.05, 0.1) is 25.4 Å². The summed E-state index contributed by atoms with van der Waals surface area (Å²) in [5.41, 5.74) is 3.74. The first kappa shape index (κ1) is 17.5. The Balaban J connectivity index is 1.46. The monoisotopic (exact) mass is 346 g/mol. The molecule has 3 rings (SSSR count). The van der Waals surface area contributed by atoms with E-state index in [-0.39, 0.29) is 6.10 Å². The predicted octanol–water partition coefficient (Wildman–Crippen LogP) is 3.34. The number of ether oxygens (including phenoxy) is 1. The molecule has 0 amide bonds. The van der Waals surface area contributed by atoms with Crippen LogP contribution in [0.2, 0.25) is 0 Å². The molecule has 0 fully saturated rings. The lowest BCUT2D eigenvalue weighted by atomic mass is 9.89. The summed E-state index contributed by atoms with van der Waals surface area (Å²) in [6, 6.07) is 8.50. The largest absolute Gasteiger partial charge is 0.389 e. The molecule has 24 heavy (non-hydrogen) atoms. The topological polar surface area (TPSA) is 45.6 Å². The van der Waals surface area contributed by atoms with Crippen molar-refractivity contribution in [2.75, 3.05) is 20.2 Å². The number of likely N-dealkylation sites (N-methyl/N-ethyl adjacent to an activating group) is 1. The normalized spacial score (nSPS) is 18.6. The minimum absolute atomic E-state index is 0.122. The number of rotatable bonds is 7. The van der Waals surface area contributed by atoms with Crippen LogP contribution in [-0.4, -0.2) is 41.3 Å². The number of hydrogen-bond acceptors (Lipinski definition) is 5. The van der Waals surface area contributed by atoms with Crippen LogP contribution in [0.3, 0.4) is 0 Å². The van der Waals surface area contributed by atoms with Gasteiger partial charge in [0.15, 0.2) is 0 Å². The molecule has 1 aliphatic rings. The van der Waals surface area contributed by atoms with Crippen LogP contribution in [0.4, 0.5) is 0 Å². The van der Waals surface area contributed by atoms with E-state index < -0.39 is 6.10 Å². The van der Waals surface area contributed by atoms with Gasteiger partial charge >= 0.3 is 0 Å². The van der Waals surface area contributed by atoms with Crippen molar-refractivity contribution in [2.24, 2.45) is 0 Å². The number of hydrogen-bond donors (Lipinski definition) is 1. The van der Waals surface area contributed by atoms with Gasteiger partial charge < -0.3 is 9.84 Å². The first-order valence-electron chi connectivity index (χ1n) is 8.59. The highest BCUT2D eigenvalue weighted by atomic mass is 32.1. The second-order valence-corrected chi connectivity index (χ2v) is 7.59. The second-order valence-electron chi connectivity index (χ2n) is 6.65. The summed E-state index contributed by atoms with van der Waals surface area (Å²) in [7, 11) is 2.01. The van der Waals surface area contributed by atoms with Crippen LogP contribution in [0.1, 0.15) is 40.8 Å². The summed E-state index contributed by atoms with van der Waals surface area (Å²) in [6.45, 7) is 3.74. The zero-order valence-electron chi connectivity index (χ0n) is 14.4. The molecule has 0 saturated heterocycles. The molecule has 0 saturated carbocycles. The molecular weight excluding hydrogens is 320 g/mol. The maximum atomic E-state index is 10.3. The van der Waals surface area contributed by atoms with Crippen LogP contribution in [0.5, 0.6) is 0 Å². The van der Waals surface area contributed by atoms with Crippen molar-refractivity contribution < 1.29 is 9.84 Å². The van der Waals surface area contributed by atoms with Crippen LogP contribution < -0.4 is 0 Å². The lowest BCUT2D eigenvalue weighted by Gasteiger charge is -2.27. The Bertz CT molecular complexity index is 658. The number of benzene rings is 1. The third kappa shape index (κ3) is 4.63. The van der Waals surface area contributed by atoms with Gasteiger partial charge in [0, 0.05) is 17.6 Å². The van der Waals surface area contributed by atoms with E-state index >= 15 is 0 Å². The third-order valence-electron chi connectivity index (χ3n) is 4.40. The van der Waals surface area contributed by atoms with E-state index in [1.807, 2.05) is 14.0 Å². The van der Waals surface area contributed by atoms with Gasteiger partial charge in [-0.15, -0.1) is 11.3 Å². The highest BCUT2D eigenvalue weighted by molar-refractivity contribution is 7.09. The summed E-state index contributed by atoms with van der Waals surface area (Å²) in [5.74, 6) is 0. The lowest BCUT2D eigenvalue weighted by molar-refractivity contribution is -0.0265. The molecule has 1 aromatic heterocycles. The zero-order chi connectivity index (χ0) is 16.9. The second kappa shape index (κ2) is 8.21. The van der Waals surface area contributed by atoms with E-state index in [0.29, 0.717) is 13.2 Å². The fraction of sp³-hybridized carbons (Fsp3) is 0.526. The molecule has 2 aromatic rings. The minimum Gasteiger partial charge on any atom is -0.389 e. The third-order valence-corrected chi connectivity index (χ3v) is 5.35. The van der Waals surface area contributed by atoms with Gasteiger partial charge in [0.1, 0.15) is 5.01 Å². The van der Waals surface area contributed by atoms with E-state index in [2.05, 4.69) is 39.5 Å². The fourth-order valence-electron chi connectivity index (χ4n) is 3.29. The Labute approximate surface area is 148 Å². The molecule has 1 aliphatic carbocycles. The molecule has 1 aromatic carbocycles. The molecular formula is C19H26N2O2S. The Morgan fingerprint density at radius 1 is 1.42 bits per heavy atom. The molecule has 0 spiro atoms. The minimum atomic E-state index is -0.481. The number of aryl methyl sites for hydroxylation is 2. The van der Waals surface area contributed by atoms with Crippen molar-refractivity contribution in [1.82, 2.24) is 9.88 Å². The summed E-state index contributed by atoms with van der Waals surface area (Å²) in [5, 5.41) is 13.4. The average Bonchev–Trinajstić information content (AvgIpc) is 2.97. The molecule has 4 nitrogen and oxygen atoms in total. The smallest absolute Gasteiger partial charge is 0.107 e. The quantitative estimate of drug-likeness (QED) is 0.835. The number of aliphatic hydroxyl groups excluding tert-OH is 1. The van der Waals surface area contributed by atoms with Crippen LogP contribution >= 0.6 is 11.3 Å². The van der Waals surface area contributed by atoms with E-state index in [9.17, 15) is 5.11 Å². The summed E-state index contributed by atoms with van der Waals surface area (Å²) < 4.78 is 6.04. The van der Waals surface area contributed by atoms with Crippen LogP contribution in [-0.2, 0) is 17.7 Å². The maximum absolute atomic E-state index is 10.3. The Hall–Kier alpha value is -1.27. The fourth-order valence-corrected chi connectivity index (χ4v) is 4.14. The van der Waals surface area contributed by atoms with E-state index in [4.69, 9.17) is 4.74 Å². The molecule has 130 valence electrons. The highest BCUT2D eigenvalue weighted by Crippen LogP contribution is 2.32. The molecule has 5 heteroatoms. The van der Waals surface area contributed by atoms with Crippen molar-refractivity contribution in [2.45, 2.75) is 44.9 Å². The molecule has 1 heterocycles. The molecule has 0 bridgehead atoms. The van der Waals surface area contributed by atoms with Gasteiger partial charge in [0.25, 0.3) is 0 Å².